The van der Waals surface area contributed by atoms with E-state index in [-0.39, 0.29) is 0 Å². The second-order valence-electron chi connectivity index (χ2n) is 3.86. The maximum Gasteiger partial charge on any atom is 0.192 e. The van der Waals surface area contributed by atoms with Crippen LogP contribution >= 0.6 is 0 Å². The van der Waals surface area contributed by atoms with Crippen LogP contribution in [-0.2, 0) is 0 Å². The van der Waals surface area contributed by atoms with E-state index in [1.165, 1.54) is 5.56 Å². The molecule has 2 aromatic rings. The Kier molecular flexibility index (Phi) is 3.22. The van der Waals surface area contributed by atoms with Crippen molar-refractivity contribution in [2.24, 2.45) is 0 Å². The minimum atomic E-state index is 0.291. The molecule has 0 spiro atoms. The van der Waals surface area contributed by atoms with Crippen LogP contribution in [0.2, 0.25) is 0 Å². The zero-order valence-corrected chi connectivity index (χ0v) is 9.87. The van der Waals surface area contributed by atoms with Crippen molar-refractivity contribution in [1.82, 2.24) is 15.6 Å². The lowest BCUT2D eigenvalue weighted by atomic mass is 10.1. The Morgan fingerprint density at radius 1 is 1.38 bits per heavy atom. The highest BCUT2D eigenvalue weighted by atomic mass is 16.3. The fourth-order valence-electron chi connectivity index (χ4n) is 1.86. The van der Waals surface area contributed by atoms with Crippen molar-refractivity contribution in [2.75, 3.05) is 20.6 Å². The third-order valence-electron chi connectivity index (χ3n) is 2.68. The monoisotopic (exact) mass is 219 g/mol. The van der Waals surface area contributed by atoms with Gasteiger partial charge in [0, 0.05) is 19.5 Å². The number of rotatable bonds is 4. The summed E-state index contributed by atoms with van der Waals surface area (Å²) >= 11 is 0. The Hall–Kier alpha value is -1.39. The second kappa shape index (κ2) is 4.63. The third-order valence-corrected chi connectivity index (χ3v) is 2.68. The summed E-state index contributed by atoms with van der Waals surface area (Å²) in [6, 6.07) is 6.43. The molecule has 0 radical (unpaired) electrons. The van der Waals surface area contributed by atoms with Crippen LogP contribution < -0.4 is 10.6 Å². The van der Waals surface area contributed by atoms with Crippen molar-refractivity contribution in [1.29, 1.82) is 0 Å². The van der Waals surface area contributed by atoms with Gasteiger partial charge in [-0.3, -0.25) is 0 Å². The molecule has 0 saturated carbocycles. The van der Waals surface area contributed by atoms with E-state index in [2.05, 4.69) is 21.7 Å². The fraction of sp³-hybridized carbons (Fsp3) is 0.417. The zero-order valence-electron chi connectivity index (χ0n) is 9.87. The molecule has 4 nitrogen and oxygen atoms in total. The number of nitrogens with zero attached hydrogens (tertiary/aromatic N) is 1. The molecule has 1 unspecified atom stereocenters. The molecule has 0 aliphatic rings. The first-order valence-corrected chi connectivity index (χ1v) is 5.43. The maximum absolute atomic E-state index is 5.52. The van der Waals surface area contributed by atoms with Gasteiger partial charge in [-0.2, -0.15) is 0 Å². The van der Waals surface area contributed by atoms with Crippen LogP contribution in [0.25, 0.3) is 11.1 Å². The van der Waals surface area contributed by atoms with E-state index in [1.807, 2.05) is 33.2 Å². The largest absolute Gasteiger partial charge is 0.441 e. The average molecular weight is 219 g/mol. The molecular weight excluding hydrogens is 202 g/mol. The van der Waals surface area contributed by atoms with Gasteiger partial charge in [0.2, 0.25) is 0 Å². The number of hydrogen-bond acceptors (Lipinski definition) is 4. The van der Waals surface area contributed by atoms with Crippen molar-refractivity contribution in [3.63, 3.8) is 0 Å². The van der Waals surface area contributed by atoms with Gasteiger partial charge in [0.15, 0.2) is 11.5 Å². The van der Waals surface area contributed by atoms with E-state index in [4.69, 9.17) is 4.42 Å². The molecule has 1 atom stereocenters. The second-order valence-corrected chi connectivity index (χ2v) is 3.86. The highest BCUT2D eigenvalue weighted by Gasteiger charge is 2.10. The first-order valence-electron chi connectivity index (χ1n) is 5.43. The van der Waals surface area contributed by atoms with Crippen LogP contribution in [-0.4, -0.2) is 25.6 Å². The lowest BCUT2D eigenvalue weighted by Crippen LogP contribution is -2.27. The van der Waals surface area contributed by atoms with Gasteiger partial charge in [-0.15, -0.1) is 0 Å². The number of nitrogens with one attached hydrogen (secondary N) is 2. The Bertz CT molecular complexity index is 478. The van der Waals surface area contributed by atoms with E-state index < -0.39 is 0 Å². The van der Waals surface area contributed by atoms with Gasteiger partial charge >= 0.3 is 0 Å². The van der Waals surface area contributed by atoms with Crippen LogP contribution in [0.3, 0.4) is 0 Å². The van der Waals surface area contributed by atoms with Gasteiger partial charge in [0.1, 0.15) is 5.52 Å². The Morgan fingerprint density at radius 2 is 2.19 bits per heavy atom. The predicted molar refractivity (Wildman–Crippen MR) is 64.5 cm³/mol. The summed E-state index contributed by atoms with van der Waals surface area (Å²) in [5.41, 5.74) is 2.98. The molecular formula is C12H17N3O. The molecule has 0 saturated heterocycles. The van der Waals surface area contributed by atoms with Crippen LogP contribution in [0.4, 0.5) is 0 Å². The molecule has 1 aromatic carbocycles. The Balaban J connectivity index is 2.36. The van der Waals surface area contributed by atoms with E-state index in [0.29, 0.717) is 11.9 Å². The summed E-state index contributed by atoms with van der Waals surface area (Å²) in [4.78, 5) is 4.28. The first-order chi connectivity index (χ1) is 7.74. The number of oxazole rings is 1. The number of aryl methyl sites for hydroxylation is 1. The standard InChI is InChI=1S/C12H17N3O/c1-8-15-10-5-4-9(6-12(10)16-8)11(14-3)7-13-2/h4-6,11,13-14H,7H2,1-3H3. The average Bonchev–Trinajstić information content (AvgIpc) is 2.64. The van der Waals surface area contributed by atoms with Gasteiger partial charge < -0.3 is 15.1 Å². The molecule has 0 aliphatic carbocycles. The summed E-state index contributed by atoms with van der Waals surface area (Å²) in [7, 11) is 3.90. The van der Waals surface area contributed by atoms with E-state index in [9.17, 15) is 0 Å². The highest BCUT2D eigenvalue weighted by Crippen LogP contribution is 2.20. The fourth-order valence-corrected chi connectivity index (χ4v) is 1.86. The van der Waals surface area contributed by atoms with Crippen LogP contribution in [0.5, 0.6) is 0 Å². The van der Waals surface area contributed by atoms with Gasteiger partial charge in [0.25, 0.3) is 0 Å². The Labute approximate surface area is 95.1 Å². The van der Waals surface area contributed by atoms with Gasteiger partial charge in [-0.1, -0.05) is 6.07 Å². The van der Waals surface area contributed by atoms with Crippen LogP contribution in [0.15, 0.2) is 22.6 Å². The van der Waals surface area contributed by atoms with Crippen molar-refractivity contribution in [3.05, 3.63) is 29.7 Å². The van der Waals surface area contributed by atoms with Gasteiger partial charge in [0.05, 0.1) is 0 Å². The summed E-state index contributed by atoms with van der Waals surface area (Å²) in [6.07, 6.45) is 0. The molecule has 0 bridgehead atoms. The summed E-state index contributed by atoms with van der Waals surface area (Å²) in [6.45, 7) is 2.75. The normalized spacial score (nSPS) is 13.2. The number of fused-ring (bicyclic) bond motifs is 1. The molecule has 2 N–H and O–H groups in total. The predicted octanol–water partition coefficient (Wildman–Crippen LogP) is 1.62. The highest BCUT2D eigenvalue weighted by molar-refractivity contribution is 5.73. The van der Waals surface area contributed by atoms with E-state index in [1.54, 1.807) is 0 Å². The minimum absolute atomic E-state index is 0.291. The first kappa shape index (κ1) is 11.1. The quantitative estimate of drug-likeness (QED) is 0.820. The Morgan fingerprint density at radius 3 is 2.88 bits per heavy atom. The SMILES string of the molecule is CNCC(NC)c1ccc2nc(C)oc2c1. The van der Waals surface area contributed by atoms with E-state index in [0.717, 1.165) is 17.6 Å². The molecule has 2 rings (SSSR count). The van der Waals surface area contributed by atoms with Gasteiger partial charge in [-0.25, -0.2) is 4.98 Å². The molecule has 0 aliphatic heterocycles. The number of aromatic nitrogens is 1. The molecule has 86 valence electrons. The van der Waals surface area contributed by atoms with Crippen LogP contribution in [0.1, 0.15) is 17.5 Å². The van der Waals surface area contributed by atoms with Crippen molar-refractivity contribution in [3.8, 4) is 0 Å². The molecule has 0 fully saturated rings. The number of hydrogen-bond donors (Lipinski definition) is 2. The molecule has 0 amide bonds. The summed E-state index contributed by atoms with van der Waals surface area (Å²) in [5, 5.41) is 6.43. The zero-order chi connectivity index (χ0) is 11.5. The smallest absolute Gasteiger partial charge is 0.192 e. The molecule has 1 heterocycles. The molecule has 16 heavy (non-hydrogen) atoms. The summed E-state index contributed by atoms with van der Waals surface area (Å²) < 4.78 is 5.52. The van der Waals surface area contributed by atoms with Gasteiger partial charge in [-0.05, 0) is 31.8 Å². The summed E-state index contributed by atoms with van der Waals surface area (Å²) in [5.74, 6) is 0.710. The van der Waals surface area contributed by atoms with Crippen molar-refractivity contribution < 1.29 is 4.42 Å². The molecule has 4 heteroatoms. The third kappa shape index (κ3) is 2.08. The minimum Gasteiger partial charge on any atom is -0.441 e. The number of benzene rings is 1. The van der Waals surface area contributed by atoms with Crippen LogP contribution in [0, 0.1) is 6.92 Å². The lowest BCUT2D eigenvalue weighted by molar-refractivity contribution is 0.549. The lowest BCUT2D eigenvalue weighted by Gasteiger charge is -2.15. The number of likely N-dealkylation sites (N-methyl/N-ethyl adjacent to an activating group) is 2. The van der Waals surface area contributed by atoms with Crippen molar-refractivity contribution in [2.45, 2.75) is 13.0 Å². The van der Waals surface area contributed by atoms with E-state index >= 15 is 0 Å². The maximum atomic E-state index is 5.52. The topological polar surface area (TPSA) is 50.1 Å². The van der Waals surface area contributed by atoms with Crippen molar-refractivity contribution >= 4 is 11.1 Å². The molecule has 1 aromatic heterocycles.